The van der Waals surface area contributed by atoms with Crippen molar-refractivity contribution in [3.8, 4) is 0 Å². The third-order valence-electron chi connectivity index (χ3n) is 3.54. The molecular formula is C17H15Cl2N3O3. The summed E-state index contributed by atoms with van der Waals surface area (Å²) in [6.07, 6.45) is 2.20. The lowest BCUT2D eigenvalue weighted by atomic mass is 10.1. The molecule has 0 saturated heterocycles. The van der Waals surface area contributed by atoms with Crippen molar-refractivity contribution in [2.75, 3.05) is 18.5 Å². The van der Waals surface area contributed by atoms with Gasteiger partial charge in [0.2, 0.25) is 0 Å². The van der Waals surface area contributed by atoms with Crippen LogP contribution in [0.25, 0.3) is 10.8 Å². The number of halogens is 2. The highest BCUT2D eigenvalue weighted by molar-refractivity contribution is 6.45. The Morgan fingerprint density at radius 1 is 1.28 bits per heavy atom. The van der Waals surface area contributed by atoms with Gasteiger partial charge in [0, 0.05) is 36.0 Å². The summed E-state index contributed by atoms with van der Waals surface area (Å²) in [4.78, 5) is 15.9. The number of esters is 1. The number of aromatic nitrogens is 2. The van der Waals surface area contributed by atoms with Crippen LogP contribution in [-0.4, -0.2) is 29.3 Å². The zero-order valence-electron chi connectivity index (χ0n) is 13.4. The Labute approximate surface area is 154 Å². The summed E-state index contributed by atoms with van der Waals surface area (Å²) in [5, 5.41) is 9.64. The zero-order valence-corrected chi connectivity index (χ0v) is 14.9. The van der Waals surface area contributed by atoms with E-state index in [9.17, 15) is 4.79 Å². The van der Waals surface area contributed by atoms with E-state index >= 15 is 0 Å². The first-order valence-corrected chi connectivity index (χ1v) is 8.45. The van der Waals surface area contributed by atoms with Crippen LogP contribution in [0, 0.1) is 0 Å². The van der Waals surface area contributed by atoms with Crippen LogP contribution >= 0.6 is 23.2 Å². The van der Waals surface area contributed by atoms with Gasteiger partial charge in [-0.15, -0.1) is 0 Å². The summed E-state index contributed by atoms with van der Waals surface area (Å²) in [7, 11) is 0. The quantitative estimate of drug-likeness (QED) is 0.641. The lowest BCUT2D eigenvalue weighted by Crippen LogP contribution is -2.06. The van der Waals surface area contributed by atoms with Crippen molar-refractivity contribution < 1.29 is 14.1 Å². The summed E-state index contributed by atoms with van der Waals surface area (Å²) in [6, 6.07) is 7.00. The third kappa shape index (κ3) is 3.86. The Morgan fingerprint density at radius 3 is 2.92 bits per heavy atom. The van der Waals surface area contributed by atoms with Crippen LogP contribution in [0.15, 0.2) is 35.0 Å². The number of carbonyl (C=O) groups is 1. The topological polar surface area (TPSA) is 77.2 Å². The number of pyridine rings is 1. The molecule has 0 amide bonds. The van der Waals surface area contributed by atoms with E-state index in [0.29, 0.717) is 41.2 Å². The number of ether oxygens (including phenoxy) is 1. The fourth-order valence-corrected chi connectivity index (χ4v) is 2.76. The standard InChI is InChI=1S/C17H15Cl2N3O3/c1-2-24-17(23)14-9-10(25-22-14)5-7-20-16-12-3-4-13(18)15(19)11(12)6-8-21-16/h3-4,6,8-9H,2,5,7H2,1H3,(H,20,21). The molecule has 8 heteroatoms. The molecule has 0 saturated carbocycles. The van der Waals surface area contributed by atoms with E-state index < -0.39 is 5.97 Å². The molecule has 6 nitrogen and oxygen atoms in total. The predicted octanol–water partition coefficient (Wildman–Crippen LogP) is 4.36. The lowest BCUT2D eigenvalue weighted by molar-refractivity contribution is 0.0514. The number of rotatable bonds is 6. The minimum absolute atomic E-state index is 0.168. The second kappa shape index (κ2) is 7.72. The van der Waals surface area contributed by atoms with Gasteiger partial charge in [-0.05, 0) is 25.1 Å². The van der Waals surface area contributed by atoms with Crippen LogP contribution < -0.4 is 5.32 Å². The minimum atomic E-state index is -0.493. The average Bonchev–Trinajstić information content (AvgIpc) is 3.08. The largest absolute Gasteiger partial charge is 0.461 e. The van der Waals surface area contributed by atoms with Crippen LogP contribution in [0.5, 0.6) is 0 Å². The van der Waals surface area contributed by atoms with E-state index in [-0.39, 0.29) is 5.69 Å². The lowest BCUT2D eigenvalue weighted by Gasteiger charge is -2.09. The second-order valence-electron chi connectivity index (χ2n) is 5.19. The number of nitrogens with zero attached hydrogens (tertiary/aromatic N) is 2. The van der Waals surface area contributed by atoms with Crippen LogP contribution in [0.3, 0.4) is 0 Å². The zero-order chi connectivity index (χ0) is 17.8. The molecule has 1 aromatic carbocycles. The first-order chi connectivity index (χ1) is 12.1. The number of hydrogen-bond donors (Lipinski definition) is 1. The van der Waals surface area contributed by atoms with E-state index in [1.165, 1.54) is 0 Å². The summed E-state index contributed by atoms with van der Waals surface area (Å²) < 4.78 is 10.0. The minimum Gasteiger partial charge on any atom is -0.461 e. The normalized spacial score (nSPS) is 10.8. The van der Waals surface area contributed by atoms with Gasteiger partial charge in [-0.25, -0.2) is 9.78 Å². The van der Waals surface area contributed by atoms with Crippen molar-refractivity contribution in [2.45, 2.75) is 13.3 Å². The van der Waals surface area contributed by atoms with Crippen LogP contribution in [-0.2, 0) is 11.2 Å². The molecule has 1 N–H and O–H groups in total. The van der Waals surface area contributed by atoms with Gasteiger partial charge in [0.15, 0.2) is 5.69 Å². The van der Waals surface area contributed by atoms with Crippen LogP contribution in [0.2, 0.25) is 10.0 Å². The number of anilines is 1. The summed E-state index contributed by atoms with van der Waals surface area (Å²) >= 11 is 12.3. The number of benzene rings is 1. The Balaban J connectivity index is 1.68. The summed E-state index contributed by atoms with van der Waals surface area (Å²) in [5.74, 6) is 0.783. The molecule has 2 aromatic heterocycles. The number of hydrogen-bond acceptors (Lipinski definition) is 6. The van der Waals surface area contributed by atoms with E-state index in [0.717, 1.165) is 10.8 Å². The molecule has 0 fully saturated rings. The van der Waals surface area contributed by atoms with E-state index in [4.69, 9.17) is 32.5 Å². The first kappa shape index (κ1) is 17.5. The molecule has 0 bridgehead atoms. The molecule has 2 heterocycles. The molecule has 3 rings (SSSR count). The van der Waals surface area contributed by atoms with Crippen LogP contribution in [0.4, 0.5) is 5.82 Å². The van der Waals surface area contributed by atoms with Crippen molar-refractivity contribution >= 4 is 45.8 Å². The molecular weight excluding hydrogens is 365 g/mol. The van der Waals surface area contributed by atoms with Gasteiger partial charge in [0.1, 0.15) is 11.6 Å². The summed E-state index contributed by atoms with van der Waals surface area (Å²) in [5.41, 5.74) is 0.168. The molecule has 0 spiro atoms. The smallest absolute Gasteiger partial charge is 0.360 e. The molecule has 0 aliphatic heterocycles. The monoisotopic (exact) mass is 379 g/mol. The molecule has 25 heavy (non-hydrogen) atoms. The Morgan fingerprint density at radius 2 is 2.12 bits per heavy atom. The highest BCUT2D eigenvalue weighted by atomic mass is 35.5. The Hall–Kier alpha value is -2.31. The number of nitrogens with one attached hydrogen (secondary N) is 1. The fraction of sp³-hybridized carbons (Fsp3) is 0.235. The summed E-state index contributed by atoms with van der Waals surface area (Å²) in [6.45, 7) is 2.57. The van der Waals surface area contributed by atoms with Crippen molar-refractivity contribution in [3.05, 3.63) is 52.0 Å². The van der Waals surface area contributed by atoms with Gasteiger partial charge in [-0.2, -0.15) is 0 Å². The highest BCUT2D eigenvalue weighted by Crippen LogP contribution is 2.33. The molecule has 0 atom stereocenters. The highest BCUT2D eigenvalue weighted by Gasteiger charge is 2.13. The molecule has 3 aromatic rings. The Kier molecular flexibility index (Phi) is 5.40. The predicted molar refractivity (Wildman–Crippen MR) is 96.4 cm³/mol. The molecule has 0 radical (unpaired) electrons. The van der Waals surface area contributed by atoms with Gasteiger partial charge in [-0.3, -0.25) is 0 Å². The van der Waals surface area contributed by atoms with Crippen molar-refractivity contribution in [2.24, 2.45) is 0 Å². The molecule has 0 aliphatic carbocycles. The van der Waals surface area contributed by atoms with Crippen molar-refractivity contribution in [3.63, 3.8) is 0 Å². The first-order valence-electron chi connectivity index (χ1n) is 7.69. The maximum atomic E-state index is 11.6. The van der Waals surface area contributed by atoms with Crippen molar-refractivity contribution in [1.29, 1.82) is 0 Å². The molecule has 0 unspecified atom stereocenters. The van der Waals surface area contributed by atoms with Gasteiger partial charge in [0.25, 0.3) is 0 Å². The fourth-order valence-electron chi connectivity index (χ4n) is 2.37. The maximum absolute atomic E-state index is 11.6. The van der Waals surface area contributed by atoms with Crippen LogP contribution in [0.1, 0.15) is 23.2 Å². The van der Waals surface area contributed by atoms with Gasteiger partial charge < -0.3 is 14.6 Å². The van der Waals surface area contributed by atoms with Crippen molar-refractivity contribution in [1.82, 2.24) is 10.1 Å². The third-order valence-corrected chi connectivity index (χ3v) is 4.36. The number of fused-ring (bicyclic) bond motifs is 1. The average molecular weight is 380 g/mol. The SMILES string of the molecule is CCOC(=O)c1cc(CCNc2nccc3c(Cl)c(Cl)ccc23)on1. The second-order valence-corrected chi connectivity index (χ2v) is 5.98. The van der Waals surface area contributed by atoms with E-state index in [1.807, 2.05) is 12.1 Å². The maximum Gasteiger partial charge on any atom is 0.360 e. The number of carbonyl (C=O) groups excluding carboxylic acids is 1. The molecule has 130 valence electrons. The van der Waals surface area contributed by atoms with E-state index in [1.54, 1.807) is 25.3 Å². The van der Waals surface area contributed by atoms with Gasteiger partial charge in [-0.1, -0.05) is 28.4 Å². The Bertz CT molecular complexity index is 911. The molecule has 0 aliphatic rings. The van der Waals surface area contributed by atoms with E-state index in [2.05, 4.69) is 15.5 Å². The van der Waals surface area contributed by atoms with Gasteiger partial charge in [0.05, 0.1) is 16.7 Å². The van der Waals surface area contributed by atoms with Gasteiger partial charge >= 0.3 is 5.97 Å².